The second-order valence-electron chi connectivity index (χ2n) is 15.4. The van der Waals surface area contributed by atoms with E-state index in [0.717, 1.165) is 44.9 Å². The van der Waals surface area contributed by atoms with Crippen LogP contribution in [0.3, 0.4) is 0 Å². The van der Waals surface area contributed by atoms with Gasteiger partial charge in [-0.2, -0.15) is 0 Å². The topological polar surface area (TPSA) is 87.0 Å². The predicted molar refractivity (Wildman–Crippen MR) is 144 cm³/mol. The van der Waals surface area contributed by atoms with Gasteiger partial charge in [-0.3, -0.25) is 4.79 Å². The van der Waals surface area contributed by atoms with Crippen molar-refractivity contribution in [1.82, 2.24) is 0 Å². The van der Waals surface area contributed by atoms with E-state index in [9.17, 15) is 20.1 Å². The lowest BCUT2D eigenvalue weighted by Crippen LogP contribution is -2.67. The van der Waals surface area contributed by atoms with Crippen LogP contribution in [0.4, 0.5) is 0 Å². The number of carbonyl (C=O) groups is 1. The summed E-state index contributed by atoms with van der Waals surface area (Å²) >= 11 is 0. The minimum Gasteiger partial charge on any atom is -0.462 e. The van der Waals surface area contributed by atoms with Crippen molar-refractivity contribution in [2.75, 3.05) is 6.61 Å². The summed E-state index contributed by atoms with van der Waals surface area (Å²) in [4.78, 5) is 12.5. The van der Waals surface area contributed by atoms with Gasteiger partial charge in [0.2, 0.25) is 0 Å². The normalized spacial score (nSPS) is 52.4. The number of esters is 1. The molecule has 5 rings (SSSR count). The van der Waals surface area contributed by atoms with E-state index in [1.807, 2.05) is 0 Å². The molecule has 0 amide bonds. The molecule has 0 bridgehead atoms. The molecule has 37 heavy (non-hydrogen) atoms. The second-order valence-corrected chi connectivity index (χ2v) is 15.4. The van der Waals surface area contributed by atoms with E-state index in [1.54, 1.807) is 0 Å². The van der Waals surface area contributed by atoms with Gasteiger partial charge in [-0.15, -0.1) is 0 Å². The van der Waals surface area contributed by atoms with Gasteiger partial charge in [0.1, 0.15) is 6.10 Å². The third kappa shape index (κ3) is 3.41. The molecule has 5 heteroatoms. The maximum Gasteiger partial charge on any atom is 0.302 e. The third-order valence-corrected chi connectivity index (χ3v) is 13.5. The SMILES string of the molecule is CC(=O)O[C@H]1CC2C(C)(C)[C@@H](O)CC[C@]2(C)C2=CC[C@]3(C)C4C(O)C[C@@H](C(C)C)[C@]4(CO)CC[C@@]3(C)C21. The number of hydrogen-bond donors (Lipinski definition) is 3. The molecule has 0 aromatic heterocycles. The van der Waals surface area contributed by atoms with E-state index in [1.165, 1.54) is 12.5 Å². The fourth-order valence-electron chi connectivity index (χ4n) is 11.5. The van der Waals surface area contributed by atoms with Crippen LogP contribution in [0.1, 0.15) is 100 Å². The van der Waals surface area contributed by atoms with Gasteiger partial charge in [-0.25, -0.2) is 0 Å². The molecule has 4 unspecified atom stereocenters. The monoisotopic (exact) mass is 516 g/mol. The first-order chi connectivity index (χ1) is 17.1. The standard InChI is InChI=1S/C32H52O5/c1-18(2)21-15-22(35)27-31(8)12-9-20-26(30(31,7)13-14-32(21,27)17-33)23(37-19(3)34)16-24-28(4,5)25(36)10-11-29(20,24)6/h9,18,21-27,33,35-36H,10-17H2,1-8H3/t21-,22?,23-,24?,25-,26?,27?,29+,30-,31+,32+/m0/s1. The molecule has 4 fully saturated rings. The fraction of sp³-hybridized carbons (Fsp3) is 0.906. The highest BCUT2D eigenvalue weighted by Gasteiger charge is 2.73. The van der Waals surface area contributed by atoms with Gasteiger partial charge in [-0.1, -0.05) is 60.1 Å². The number of aliphatic hydroxyl groups is 3. The summed E-state index contributed by atoms with van der Waals surface area (Å²) in [6.45, 7) is 17.7. The number of aliphatic hydroxyl groups excluding tert-OH is 3. The zero-order valence-corrected chi connectivity index (χ0v) is 24.5. The smallest absolute Gasteiger partial charge is 0.302 e. The molecule has 3 N–H and O–H groups in total. The molecular formula is C32H52O5. The van der Waals surface area contributed by atoms with Crippen LogP contribution in [0.25, 0.3) is 0 Å². The largest absolute Gasteiger partial charge is 0.462 e. The van der Waals surface area contributed by atoms with Crippen molar-refractivity contribution in [2.24, 2.45) is 56.7 Å². The summed E-state index contributed by atoms with van der Waals surface area (Å²) in [5.74, 6) is 0.813. The number of rotatable bonds is 3. The molecule has 0 spiro atoms. The number of fused-ring (bicyclic) bond motifs is 7. The highest BCUT2D eigenvalue weighted by atomic mass is 16.5. The lowest BCUT2D eigenvalue weighted by atomic mass is 9.35. The van der Waals surface area contributed by atoms with E-state index in [4.69, 9.17) is 4.74 Å². The van der Waals surface area contributed by atoms with Crippen molar-refractivity contribution in [3.63, 3.8) is 0 Å². The Labute approximate surface area is 224 Å². The van der Waals surface area contributed by atoms with Gasteiger partial charge in [0.15, 0.2) is 0 Å². The molecule has 0 aromatic carbocycles. The quantitative estimate of drug-likeness (QED) is 0.340. The molecule has 5 nitrogen and oxygen atoms in total. The number of carbonyl (C=O) groups excluding carboxylic acids is 1. The maximum atomic E-state index is 12.5. The zero-order chi connectivity index (χ0) is 27.3. The Balaban J connectivity index is 1.66. The van der Waals surface area contributed by atoms with E-state index in [-0.39, 0.29) is 69.6 Å². The Morgan fingerprint density at radius 1 is 1.05 bits per heavy atom. The summed E-state index contributed by atoms with van der Waals surface area (Å²) in [7, 11) is 0. The van der Waals surface area contributed by atoms with Crippen molar-refractivity contribution in [3.05, 3.63) is 11.6 Å². The highest BCUT2D eigenvalue weighted by molar-refractivity contribution is 5.66. The highest BCUT2D eigenvalue weighted by Crippen LogP contribution is 2.76. The first kappa shape index (κ1) is 27.6. The summed E-state index contributed by atoms with van der Waals surface area (Å²) in [5.41, 5.74) is 0.484. The molecule has 210 valence electrons. The van der Waals surface area contributed by atoms with E-state index < -0.39 is 6.10 Å². The van der Waals surface area contributed by atoms with Gasteiger partial charge in [0.25, 0.3) is 0 Å². The summed E-state index contributed by atoms with van der Waals surface area (Å²) in [6.07, 6.45) is 7.45. The molecule has 0 aliphatic heterocycles. The van der Waals surface area contributed by atoms with Gasteiger partial charge >= 0.3 is 5.97 Å². The number of ether oxygens (including phenoxy) is 1. The van der Waals surface area contributed by atoms with E-state index >= 15 is 0 Å². The maximum absolute atomic E-state index is 12.5. The van der Waals surface area contributed by atoms with Crippen molar-refractivity contribution in [3.8, 4) is 0 Å². The lowest BCUT2D eigenvalue weighted by molar-refractivity contribution is -0.218. The Morgan fingerprint density at radius 3 is 2.32 bits per heavy atom. The van der Waals surface area contributed by atoms with Gasteiger partial charge in [0, 0.05) is 24.9 Å². The fourth-order valence-corrected chi connectivity index (χ4v) is 11.5. The van der Waals surface area contributed by atoms with Crippen LogP contribution in [0.5, 0.6) is 0 Å². The molecule has 0 radical (unpaired) electrons. The van der Waals surface area contributed by atoms with Crippen LogP contribution in [0.15, 0.2) is 11.6 Å². The molecule has 0 aromatic rings. The molecule has 0 saturated heterocycles. The summed E-state index contributed by atoms with van der Waals surface area (Å²) in [5, 5.41) is 33.6. The number of hydrogen-bond acceptors (Lipinski definition) is 5. The Hall–Kier alpha value is -0.910. The zero-order valence-electron chi connectivity index (χ0n) is 24.5. The van der Waals surface area contributed by atoms with Crippen molar-refractivity contribution in [2.45, 2.75) is 119 Å². The molecular weight excluding hydrogens is 464 g/mol. The Morgan fingerprint density at radius 2 is 1.73 bits per heavy atom. The molecule has 11 atom stereocenters. The lowest BCUT2D eigenvalue weighted by Gasteiger charge is -2.70. The van der Waals surface area contributed by atoms with Crippen LogP contribution < -0.4 is 0 Å². The summed E-state index contributed by atoms with van der Waals surface area (Å²) in [6, 6.07) is 0. The summed E-state index contributed by atoms with van der Waals surface area (Å²) < 4.78 is 6.22. The van der Waals surface area contributed by atoms with Crippen molar-refractivity contribution >= 4 is 5.97 Å². The third-order valence-electron chi connectivity index (χ3n) is 13.5. The van der Waals surface area contributed by atoms with Crippen LogP contribution in [0, 0.1) is 56.7 Å². The van der Waals surface area contributed by atoms with Crippen LogP contribution >= 0.6 is 0 Å². The Bertz CT molecular complexity index is 970. The van der Waals surface area contributed by atoms with Gasteiger partial charge in [-0.05, 0) is 90.3 Å². The van der Waals surface area contributed by atoms with Crippen molar-refractivity contribution in [1.29, 1.82) is 0 Å². The molecule has 4 saturated carbocycles. The van der Waals surface area contributed by atoms with E-state index in [2.05, 4.69) is 54.5 Å². The second kappa shape index (κ2) is 8.54. The molecule has 5 aliphatic carbocycles. The van der Waals surface area contributed by atoms with E-state index in [0.29, 0.717) is 11.8 Å². The number of allylic oxidation sites excluding steroid dienone is 1. The van der Waals surface area contributed by atoms with Crippen LogP contribution in [-0.4, -0.2) is 46.2 Å². The van der Waals surface area contributed by atoms with Crippen LogP contribution in [0.2, 0.25) is 0 Å². The molecule has 0 heterocycles. The first-order valence-corrected chi connectivity index (χ1v) is 14.9. The minimum absolute atomic E-state index is 0.0158. The molecule has 5 aliphatic rings. The Kier molecular flexibility index (Phi) is 6.38. The average Bonchev–Trinajstić information content (AvgIpc) is 3.12. The van der Waals surface area contributed by atoms with Crippen LogP contribution in [-0.2, 0) is 9.53 Å². The minimum atomic E-state index is -0.429. The van der Waals surface area contributed by atoms with Crippen molar-refractivity contribution < 1.29 is 24.9 Å². The van der Waals surface area contributed by atoms with Gasteiger partial charge < -0.3 is 20.1 Å². The first-order valence-electron chi connectivity index (χ1n) is 14.9. The predicted octanol–water partition coefficient (Wildman–Crippen LogP) is 5.51. The average molecular weight is 517 g/mol. The van der Waals surface area contributed by atoms with Gasteiger partial charge in [0.05, 0.1) is 12.2 Å².